The highest BCUT2D eigenvalue weighted by atomic mass is 32.2. The molecule has 1 saturated heterocycles. The SMILES string of the molecule is COc1ccc(S(=O)(=O)N2CCCC(C(=N)N)C2)cc1. The van der Waals surface area contributed by atoms with Crippen molar-refractivity contribution in [2.45, 2.75) is 17.7 Å². The Labute approximate surface area is 119 Å². The second-order valence-electron chi connectivity index (χ2n) is 4.83. The molecule has 6 nitrogen and oxygen atoms in total. The molecule has 2 rings (SSSR count). The number of hydrogen-bond acceptors (Lipinski definition) is 4. The number of hydrogen-bond donors (Lipinski definition) is 2. The molecular formula is C13H19N3O3S. The highest BCUT2D eigenvalue weighted by Crippen LogP contribution is 2.24. The van der Waals surface area contributed by atoms with E-state index in [1.54, 1.807) is 12.1 Å². The number of sulfonamides is 1. The second-order valence-corrected chi connectivity index (χ2v) is 6.77. The lowest BCUT2D eigenvalue weighted by molar-refractivity contribution is 0.310. The van der Waals surface area contributed by atoms with Crippen LogP contribution in [0.5, 0.6) is 5.75 Å². The van der Waals surface area contributed by atoms with Gasteiger partial charge in [0.25, 0.3) is 0 Å². The van der Waals surface area contributed by atoms with E-state index in [0.717, 1.165) is 12.8 Å². The maximum absolute atomic E-state index is 12.5. The molecule has 110 valence electrons. The van der Waals surface area contributed by atoms with Gasteiger partial charge in [0.1, 0.15) is 5.75 Å². The minimum Gasteiger partial charge on any atom is -0.497 e. The summed E-state index contributed by atoms with van der Waals surface area (Å²) >= 11 is 0. The summed E-state index contributed by atoms with van der Waals surface area (Å²) in [6.45, 7) is 0.752. The molecule has 7 heteroatoms. The third-order valence-corrected chi connectivity index (χ3v) is 5.40. The van der Waals surface area contributed by atoms with Crippen molar-refractivity contribution in [3.05, 3.63) is 24.3 Å². The van der Waals surface area contributed by atoms with E-state index >= 15 is 0 Å². The number of amidine groups is 1. The first-order valence-electron chi connectivity index (χ1n) is 6.43. The first kappa shape index (κ1) is 14.8. The van der Waals surface area contributed by atoms with Crippen LogP contribution in [0, 0.1) is 11.3 Å². The molecule has 0 bridgehead atoms. The fraction of sp³-hybridized carbons (Fsp3) is 0.462. The smallest absolute Gasteiger partial charge is 0.243 e. The van der Waals surface area contributed by atoms with Crippen molar-refractivity contribution in [1.29, 1.82) is 5.41 Å². The van der Waals surface area contributed by atoms with Gasteiger partial charge in [0.15, 0.2) is 0 Å². The summed E-state index contributed by atoms with van der Waals surface area (Å²) in [5.74, 6) is 0.487. The third kappa shape index (κ3) is 2.94. The van der Waals surface area contributed by atoms with E-state index in [2.05, 4.69) is 0 Å². The van der Waals surface area contributed by atoms with Crippen LogP contribution in [0.25, 0.3) is 0 Å². The Balaban J connectivity index is 2.22. The third-order valence-electron chi connectivity index (χ3n) is 3.52. The average Bonchev–Trinajstić information content (AvgIpc) is 2.47. The van der Waals surface area contributed by atoms with Gasteiger partial charge in [-0.25, -0.2) is 8.42 Å². The molecule has 1 aliphatic rings. The number of ether oxygens (including phenoxy) is 1. The number of methoxy groups -OCH3 is 1. The van der Waals surface area contributed by atoms with Crippen molar-refractivity contribution >= 4 is 15.9 Å². The highest BCUT2D eigenvalue weighted by molar-refractivity contribution is 7.89. The van der Waals surface area contributed by atoms with Crippen molar-refractivity contribution in [3.8, 4) is 5.75 Å². The molecule has 0 aromatic heterocycles. The van der Waals surface area contributed by atoms with Crippen molar-refractivity contribution < 1.29 is 13.2 Å². The second kappa shape index (κ2) is 5.80. The molecule has 1 unspecified atom stereocenters. The number of nitrogens with one attached hydrogen (secondary N) is 1. The number of nitrogens with zero attached hydrogens (tertiary/aromatic N) is 1. The molecule has 1 aromatic carbocycles. The Hall–Kier alpha value is -1.60. The van der Waals surface area contributed by atoms with Gasteiger partial charge < -0.3 is 10.5 Å². The monoisotopic (exact) mass is 297 g/mol. The van der Waals surface area contributed by atoms with Crippen LogP contribution in [0.15, 0.2) is 29.2 Å². The Morgan fingerprint density at radius 2 is 2.05 bits per heavy atom. The fourth-order valence-corrected chi connectivity index (χ4v) is 3.84. The molecule has 0 aliphatic carbocycles. The average molecular weight is 297 g/mol. The molecule has 20 heavy (non-hydrogen) atoms. The molecule has 0 radical (unpaired) electrons. The van der Waals surface area contributed by atoms with Crippen LogP contribution in [0.4, 0.5) is 0 Å². The fourth-order valence-electron chi connectivity index (χ4n) is 2.31. The van der Waals surface area contributed by atoms with Gasteiger partial charge in [0, 0.05) is 19.0 Å². The van der Waals surface area contributed by atoms with Gasteiger partial charge in [-0.2, -0.15) is 4.31 Å². The molecule has 1 aromatic rings. The Bertz CT molecular complexity index is 583. The largest absolute Gasteiger partial charge is 0.497 e. The van der Waals surface area contributed by atoms with Crippen molar-refractivity contribution in [1.82, 2.24) is 4.31 Å². The van der Waals surface area contributed by atoms with Crippen molar-refractivity contribution in [2.75, 3.05) is 20.2 Å². The van der Waals surface area contributed by atoms with Gasteiger partial charge in [-0.05, 0) is 37.1 Å². The zero-order valence-electron chi connectivity index (χ0n) is 11.4. The van der Waals surface area contributed by atoms with Gasteiger partial charge >= 0.3 is 0 Å². The lowest BCUT2D eigenvalue weighted by atomic mass is 9.99. The van der Waals surface area contributed by atoms with Crippen LogP contribution < -0.4 is 10.5 Å². The van der Waals surface area contributed by atoms with Gasteiger partial charge in [-0.1, -0.05) is 0 Å². The topological polar surface area (TPSA) is 96.5 Å². The standard InChI is InChI=1S/C13H19N3O3S/c1-19-11-4-6-12(7-5-11)20(17,18)16-8-2-3-10(9-16)13(14)15/h4-7,10H,2-3,8-9H2,1H3,(H3,14,15). The van der Waals surface area contributed by atoms with E-state index in [4.69, 9.17) is 15.9 Å². The van der Waals surface area contributed by atoms with Crippen LogP contribution in [-0.2, 0) is 10.0 Å². The van der Waals surface area contributed by atoms with Crippen LogP contribution in [0.2, 0.25) is 0 Å². The van der Waals surface area contributed by atoms with Gasteiger partial charge in [-0.3, -0.25) is 5.41 Å². The van der Waals surface area contributed by atoms with Gasteiger partial charge in [-0.15, -0.1) is 0 Å². The summed E-state index contributed by atoms with van der Waals surface area (Å²) in [4.78, 5) is 0.238. The number of benzene rings is 1. The molecule has 0 saturated carbocycles. The van der Waals surface area contributed by atoms with Crippen LogP contribution in [0.1, 0.15) is 12.8 Å². The van der Waals surface area contributed by atoms with E-state index in [1.165, 1.54) is 23.5 Å². The Kier molecular flexibility index (Phi) is 4.29. The molecule has 0 spiro atoms. The molecular weight excluding hydrogens is 278 g/mol. The maximum Gasteiger partial charge on any atom is 0.243 e. The molecule has 0 amide bonds. The minimum absolute atomic E-state index is 0.0552. The molecule has 1 aliphatic heterocycles. The first-order valence-corrected chi connectivity index (χ1v) is 7.87. The van der Waals surface area contributed by atoms with E-state index in [-0.39, 0.29) is 23.2 Å². The summed E-state index contributed by atoms with van der Waals surface area (Å²) < 4.78 is 31.5. The molecule has 1 heterocycles. The van der Waals surface area contributed by atoms with Crippen molar-refractivity contribution in [2.24, 2.45) is 11.7 Å². The molecule has 3 N–H and O–H groups in total. The minimum atomic E-state index is -3.53. The highest BCUT2D eigenvalue weighted by Gasteiger charge is 2.31. The zero-order valence-corrected chi connectivity index (χ0v) is 12.2. The molecule has 1 fully saturated rings. The van der Waals surface area contributed by atoms with Crippen LogP contribution in [0.3, 0.4) is 0 Å². The lowest BCUT2D eigenvalue weighted by Gasteiger charge is -2.31. The van der Waals surface area contributed by atoms with Crippen LogP contribution in [-0.4, -0.2) is 38.8 Å². The summed E-state index contributed by atoms with van der Waals surface area (Å²) in [5, 5.41) is 7.48. The van der Waals surface area contributed by atoms with E-state index in [1.807, 2.05) is 0 Å². The number of rotatable bonds is 4. The van der Waals surface area contributed by atoms with E-state index < -0.39 is 10.0 Å². The number of nitrogens with two attached hydrogens (primary N) is 1. The normalized spacial score (nSPS) is 20.6. The van der Waals surface area contributed by atoms with Gasteiger partial charge in [0.2, 0.25) is 10.0 Å². The quantitative estimate of drug-likeness (QED) is 0.641. The van der Waals surface area contributed by atoms with Crippen LogP contribution >= 0.6 is 0 Å². The van der Waals surface area contributed by atoms with Crippen molar-refractivity contribution in [3.63, 3.8) is 0 Å². The summed E-state index contributed by atoms with van der Waals surface area (Å²) in [6, 6.07) is 6.32. The predicted octanol–water partition coefficient (Wildman–Crippen LogP) is 1.03. The number of piperidine rings is 1. The first-order chi connectivity index (χ1) is 9.45. The van der Waals surface area contributed by atoms with Gasteiger partial charge in [0.05, 0.1) is 17.8 Å². The van der Waals surface area contributed by atoms with E-state index in [9.17, 15) is 8.42 Å². The van der Waals surface area contributed by atoms with E-state index in [0.29, 0.717) is 12.3 Å². The summed E-state index contributed by atoms with van der Waals surface area (Å²) in [7, 11) is -1.99. The maximum atomic E-state index is 12.5. The zero-order chi connectivity index (χ0) is 14.8. The molecule has 1 atom stereocenters. The summed E-state index contributed by atoms with van der Waals surface area (Å²) in [5.41, 5.74) is 5.49. The Morgan fingerprint density at radius 1 is 1.40 bits per heavy atom. The Morgan fingerprint density at radius 3 is 2.60 bits per heavy atom. The predicted molar refractivity (Wildman–Crippen MR) is 76.4 cm³/mol. The lowest BCUT2D eigenvalue weighted by Crippen LogP contribution is -2.43. The summed E-state index contributed by atoms with van der Waals surface area (Å²) in [6.07, 6.45) is 1.49.